The van der Waals surface area contributed by atoms with Crippen molar-refractivity contribution in [3.8, 4) is 0 Å². The second-order valence-electron chi connectivity index (χ2n) is 4.59. The standard InChI is InChI=1S/C14H25N5OS.HI/c1-4-7-16-12(20)6-8-17-14(15-5-2)19-10-13-18-9-11(3)21-13;/h9H,4-8,10H2,1-3H3,(H,16,20)(H2,15,17,19);1H. The van der Waals surface area contributed by atoms with E-state index in [1.54, 1.807) is 11.3 Å². The summed E-state index contributed by atoms with van der Waals surface area (Å²) in [6.45, 7) is 8.71. The normalized spacial score (nSPS) is 10.8. The fourth-order valence-corrected chi connectivity index (χ4v) is 2.32. The molecule has 0 spiro atoms. The van der Waals surface area contributed by atoms with E-state index in [1.165, 1.54) is 4.88 Å². The number of amides is 1. The SMILES string of the molecule is CCCNC(=O)CCNC(=NCc1ncc(C)s1)NCC.I. The molecule has 0 aliphatic heterocycles. The Kier molecular flexibility index (Phi) is 12.1. The number of guanidine groups is 1. The van der Waals surface area contributed by atoms with Crippen molar-refractivity contribution in [2.75, 3.05) is 19.6 Å². The van der Waals surface area contributed by atoms with Crippen molar-refractivity contribution in [3.63, 3.8) is 0 Å². The summed E-state index contributed by atoms with van der Waals surface area (Å²) in [5.74, 6) is 0.782. The number of aromatic nitrogens is 1. The van der Waals surface area contributed by atoms with Crippen LogP contribution in [0.15, 0.2) is 11.2 Å². The Bertz CT molecular complexity index is 464. The highest BCUT2D eigenvalue weighted by Gasteiger charge is 2.03. The van der Waals surface area contributed by atoms with Crippen molar-refractivity contribution >= 4 is 47.2 Å². The van der Waals surface area contributed by atoms with Crippen LogP contribution in [-0.2, 0) is 11.3 Å². The summed E-state index contributed by atoms with van der Waals surface area (Å²) in [6, 6.07) is 0. The third-order valence-electron chi connectivity index (χ3n) is 2.60. The monoisotopic (exact) mass is 439 g/mol. The van der Waals surface area contributed by atoms with Gasteiger partial charge in [0.25, 0.3) is 0 Å². The minimum atomic E-state index is 0. The molecule has 0 aromatic carbocycles. The van der Waals surface area contributed by atoms with Gasteiger partial charge < -0.3 is 16.0 Å². The molecule has 8 heteroatoms. The molecule has 1 heterocycles. The quantitative estimate of drug-likeness (QED) is 0.329. The molecule has 1 aromatic heterocycles. The van der Waals surface area contributed by atoms with Gasteiger partial charge in [-0.25, -0.2) is 9.98 Å². The molecule has 0 saturated heterocycles. The van der Waals surface area contributed by atoms with Crippen LogP contribution in [0.3, 0.4) is 0 Å². The lowest BCUT2D eigenvalue weighted by molar-refractivity contribution is -0.120. The minimum Gasteiger partial charge on any atom is -0.357 e. The number of aliphatic imine (C=N–C) groups is 1. The molecule has 3 N–H and O–H groups in total. The van der Waals surface area contributed by atoms with Gasteiger partial charge in [0, 0.05) is 37.1 Å². The van der Waals surface area contributed by atoms with Gasteiger partial charge in [-0.3, -0.25) is 4.79 Å². The number of thiazole rings is 1. The van der Waals surface area contributed by atoms with Crippen molar-refractivity contribution in [2.45, 2.75) is 40.2 Å². The van der Waals surface area contributed by atoms with Crippen molar-refractivity contribution in [1.29, 1.82) is 0 Å². The summed E-state index contributed by atoms with van der Waals surface area (Å²) < 4.78 is 0. The smallest absolute Gasteiger partial charge is 0.221 e. The van der Waals surface area contributed by atoms with E-state index in [0.717, 1.165) is 24.5 Å². The second-order valence-corrected chi connectivity index (χ2v) is 5.91. The van der Waals surface area contributed by atoms with Gasteiger partial charge >= 0.3 is 0 Å². The minimum absolute atomic E-state index is 0. The van der Waals surface area contributed by atoms with Crippen LogP contribution in [0.5, 0.6) is 0 Å². The molecular formula is C14H26IN5OS. The van der Waals surface area contributed by atoms with Crippen molar-refractivity contribution in [1.82, 2.24) is 20.9 Å². The summed E-state index contributed by atoms with van der Waals surface area (Å²) in [4.78, 5) is 21.4. The van der Waals surface area contributed by atoms with E-state index in [0.29, 0.717) is 25.5 Å². The third kappa shape index (κ3) is 9.19. The predicted octanol–water partition coefficient (Wildman–Crippen LogP) is 2.04. The van der Waals surface area contributed by atoms with Crippen molar-refractivity contribution in [2.24, 2.45) is 4.99 Å². The molecule has 1 aromatic rings. The molecule has 1 rings (SSSR count). The van der Waals surface area contributed by atoms with Crippen molar-refractivity contribution in [3.05, 3.63) is 16.1 Å². The number of aryl methyl sites for hydroxylation is 1. The van der Waals surface area contributed by atoms with Crippen LogP contribution in [0.4, 0.5) is 0 Å². The lowest BCUT2D eigenvalue weighted by Crippen LogP contribution is -2.39. The molecular weight excluding hydrogens is 413 g/mol. The van der Waals surface area contributed by atoms with Crippen LogP contribution in [0, 0.1) is 6.92 Å². The highest BCUT2D eigenvalue weighted by Crippen LogP contribution is 2.11. The van der Waals surface area contributed by atoms with E-state index in [2.05, 4.69) is 25.9 Å². The maximum absolute atomic E-state index is 11.5. The van der Waals surface area contributed by atoms with E-state index >= 15 is 0 Å². The van der Waals surface area contributed by atoms with Crippen LogP contribution >= 0.6 is 35.3 Å². The Balaban J connectivity index is 0.00000441. The Morgan fingerprint density at radius 3 is 2.64 bits per heavy atom. The molecule has 22 heavy (non-hydrogen) atoms. The summed E-state index contributed by atoms with van der Waals surface area (Å²) in [7, 11) is 0. The number of carbonyl (C=O) groups is 1. The Labute approximate surface area is 153 Å². The van der Waals surface area contributed by atoms with E-state index in [4.69, 9.17) is 0 Å². The maximum atomic E-state index is 11.5. The predicted molar refractivity (Wildman–Crippen MR) is 103 cm³/mol. The van der Waals surface area contributed by atoms with Gasteiger partial charge in [0.1, 0.15) is 5.01 Å². The number of nitrogens with zero attached hydrogens (tertiary/aromatic N) is 2. The molecule has 0 bridgehead atoms. The number of halogens is 1. The van der Waals surface area contributed by atoms with Crippen LogP contribution in [-0.4, -0.2) is 36.5 Å². The first-order chi connectivity index (χ1) is 10.2. The average molecular weight is 439 g/mol. The molecule has 0 unspecified atom stereocenters. The van der Waals surface area contributed by atoms with Crippen LogP contribution in [0.1, 0.15) is 36.6 Å². The summed E-state index contributed by atoms with van der Waals surface area (Å²) in [5, 5.41) is 10.2. The molecule has 0 radical (unpaired) electrons. The molecule has 0 saturated carbocycles. The fraction of sp³-hybridized carbons (Fsp3) is 0.643. The van der Waals surface area contributed by atoms with Crippen LogP contribution in [0.25, 0.3) is 0 Å². The highest BCUT2D eigenvalue weighted by molar-refractivity contribution is 14.0. The first-order valence-electron chi connectivity index (χ1n) is 7.35. The van der Waals surface area contributed by atoms with Gasteiger partial charge in [0.2, 0.25) is 5.91 Å². The number of nitrogens with one attached hydrogen (secondary N) is 3. The zero-order valence-corrected chi connectivity index (χ0v) is 16.6. The number of carbonyl (C=O) groups excluding carboxylic acids is 1. The first kappa shape index (κ1) is 21.1. The number of hydrogen-bond acceptors (Lipinski definition) is 4. The largest absolute Gasteiger partial charge is 0.357 e. The number of rotatable bonds is 8. The Morgan fingerprint density at radius 2 is 2.05 bits per heavy atom. The Morgan fingerprint density at radius 1 is 1.27 bits per heavy atom. The van der Waals surface area contributed by atoms with E-state index in [-0.39, 0.29) is 29.9 Å². The van der Waals surface area contributed by atoms with Crippen molar-refractivity contribution < 1.29 is 4.79 Å². The summed E-state index contributed by atoms with van der Waals surface area (Å²) in [6.07, 6.45) is 3.26. The Hall–Kier alpha value is -0.900. The third-order valence-corrected chi connectivity index (χ3v) is 3.50. The van der Waals surface area contributed by atoms with Gasteiger partial charge in [-0.15, -0.1) is 35.3 Å². The molecule has 0 atom stereocenters. The zero-order chi connectivity index (χ0) is 15.5. The summed E-state index contributed by atoms with van der Waals surface area (Å²) >= 11 is 1.65. The van der Waals surface area contributed by atoms with Gasteiger partial charge in [-0.05, 0) is 20.3 Å². The van der Waals surface area contributed by atoms with Crippen LogP contribution < -0.4 is 16.0 Å². The first-order valence-corrected chi connectivity index (χ1v) is 8.17. The van der Waals surface area contributed by atoms with Gasteiger partial charge in [0.05, 0.1) is 6.54 Å². The van der Waals surface area contributed by atoms with E-state index in [9.17, 15) is 4.79 Å². The molecule has 0 aliphatic rings. The zero-order valence-electron chi connectivity index (χ0n) is 13.4. The number of hydrogen-bond donors (Lipinski definition) is 3. The average Bonchev–Trinajstić information content (AvgIpc) is 2.88. The van der Waals surface area contributed by atoms with E-state index in [1.807, 2.05) is 27.0 Å². The van der Waals surface area contributed by atoms with Crippen LogP contribution in [0.2, 0.25) is 0 Å². The van der Waals surface area contributed by atoms with Gasteiger partial charge in [0.15, 0.2) is 5.96 Å². The second kappa shape index (κ2) is 12.6. The fourth-order valence-electron chi connectivity index (χ4n) is 1.61. The highest BCUT2D eigenvalue weighted by atomic mass is 127. The van der Waals surface area contributed by atoms with E-state index < -0.39 is 0 Å². The molecule has 0 fully saturated rings. The molecule has 0 aliphatic carbocycles. The maximum Gasteiger partial charge on any atom is 0.221 e. The lowest BCUT2D eigenvalue weighted by Gasteiger charge is -2.10. The summed E-state index contributed by atoms with van der Waals surface area (Å²) in [5.41, 5.74) is 0. The molecule has 6 nitrogen and oxygen atoms in total. The lowest BCUT2D eigenvalue weighted by atomic mass is 10.4. The van der Waals surface area contributed by atoms with Gasteiger partial charge in [-0.2, -0.15) is 0 Å². The topological polar surface area (TPSA) is 78.4 Å². The molecule has 126 valence electrons. The van der Waals surface area contributed by atoms with Gasteiger partial charge in [-0.1, -0.05) is 6.92 Å². The molecule has 1 amide bonds.